The average molecular weight is 276 g/mol. The molecule has 0 fully saturated rings. The molecule has 0 aromatic carbocycles. The Bertz CT molecular complexity index is 173. The van der Waals surface area contributed by atoms with Gasteiger partial charge in [0, 0.05) is 0 Å². The van der Waals surface area contributed by atoms with Gasteiger partial charge in [0.25, 0.3) is 0 Å². The molecule has 0 saturated carbocycles. The zero-order chi connectivity index (χ0) is 14.4. The highest BCUT2D eigenvalue weighted by atomic mass is 17.6. The van der Waals surface area contributed by atoms with E-state index in [9.17, 15) is 0 Å². The van der Waals surface area contributed by atoms with Crippen LogP contribution in [-0.2, 0) is 15.0 Å². The summed E-state index contributed by atoms with van der Waals surface area (Å²) in [5.74, 6) is 0. The lowest BCUT2D eigenvalue weighted by molar-refractivity contribution is -0.623. The molecule has 0 bridgehead atoms. The maximum Gasteiger partial charge on any atom is 0.0854 e. The SMILES string of the molecule is CCC(CC)(CC)CCCCCCCCOOOO. The number of hydrogen-bond donors (Lipinski definition) is 1. The summed E-state index contributed by atoms with van der Waals surface area (Å²) in [7, 11) is 0. The molecule has 0 radical (unpaired) electrons. The van der Waals surface area contributed by atoms with E-state index in [0.717, 1.165) is 12.8 Å². The third kappa shape index (κ3) is 9.38. The quantitative estimate of drug-likeness (QED) is 0.266. The van der Waals surface area contributed by atoms with Crippen molar-refractivity contribution < 1.29 is 20.2 Å². The summed E-state index contributed by atoms with van der Waals surface area (Å²) in [5.41, 5.74) is 0.593. The van der Waals surface area contributed by atoms with Crippen molar-refractivity contribution in [2.24, 2.45) is 5.41 Å². The molecule has 116 valence electrons. The van der Waals surface area contributed by atoms with Gasteiger partial charge >= 0.3 is 0 Å². The molecule has 0 unspecified atom stereocenters. The van der Waals surface area contributed by atoms with E-state index in [2.05, 4.69) is 35.7 Å². The van der Waals surface area contributed by atoms with Gasteiger partial charge in [-0.3, -0.25) is 0 Å². The van der Waals surface area contributed by atoms with Gasteiger partial charge in [-0.1, -0.05) is 72.1 Å². The first-order chi connectivity index (χ1) is 9.24. The topological polar surface area (TPSA) is 47.9 Å². The van der Waals surface area contributed by atoms with Crippen LogP contribution >= 0.6 is 0 Å². The van der Waals surface area contributed by atoms with Gasteiger partial charge in [-0.25, -0.2) is 10.1 Å². The minimum Gasteiger partial charge on any atom is -0.219 e. The standard InChI is InChI=1S/C15H32O4/c1-4-15(5-2,6-3)13-11-9-7-8-10-12-14-17-19-18-16/h16H,4-14H2,1-3H3. The predicted octanol–water partition coefficient (Wildman–Crippen LogP) is 5.29. The van der Waals surface area contributed by atoms with Gasteiger partial charge in [0.1, 0.15) is 0 Å². The van der Waals surface area contributed by atoms with Gasteiger partial charge in [-0.2, -0.15) is 0 Å². The Morgan fingerprint density at radius 3 is 1.84 bits per heavy atom. The summed E-state index contributed by atoms with van der Waals surface area (Å²) in [6.45, 7) is 7.44. The molecule has 4 nitrogen and oxygen atoms in total. The highest BCUT2D eigenvalue weighted by molar-refractivity contribution is 4.74. The van der Waals surface area contributed by atoms with Crippen LogP contribution in [0.25, 0.3) is 0 Å². The lowest BCUT2D eigenvalue weighted by atomic mass is 9.75. The second-order valence-electron chi connectivity index (χ2n) is 5.40. The van der Waals surface area contributed by atoms with Gasteiger partial charge in [-0.05, 0) is 28.3 Å². The minimum absolute atomic E-state index is 0.463. The van der Waals surface area contributed by atoms with Crippen molar-refractivity contribution in [2.75, 3.05) is 6.61 Å². The van der Waals surface area contributed by atoms with Crippen LogP contribution in [-0.4, -0.2) is 11.9 Å². The fourth-order valence-electron chi connectivity index (χ4n) is 2.70. The van der Waals surface area contributed by atoms with Crippen LogP contribution in [0.3, 0.4) is 0 Å². The number of hydrogen-bond acceptors (Lipinski definition) is 4. The smallest absolute Gasteiger partial charge is 0.0854 e. The summed E-state index contributed by atoms with van der Waals surface area (Å²) in [5, 5.41) is 15.1. The van der Waals surface area contributed by atoms with Crippen LogP contribution in [0.4, 0.5) is 0 Å². The van der Waals surface area contributed by atoms with Crippen molar-refractivity contribution in [3.63, 3.8) is 0 Å². The maximum absolute atomic E-state index is 7.85. The van der Waals surface area contributed by atoms with Crippen molar-refractivity contribution in [1.29, 1.82) is 0 Å². The Labute approximate surface area is 118 Å². The molecule has 0 aromatic rings. The monoisotopic (exact) mass is 276 g/mol. The summed E-state index contributed by atoms with van der Waals surface area (Å²) >= 11 is 0. The molecule has 0 aliphatic heterocycles. The molecule has 0 aromatic heterocycles. The molecular formula is C15H32O4. The second kappa shape index (κ2) is 12.9. The number of rotatable bonds is 14. The van der Waals surface area contributed by atoms with Crippen LogP contribution in [0.1, 0.15) is 85.0 Å². The highest BCUT2D eigenvalue weighted by Gasteiger charge is 2.22. The van der Waals surface area contributed by atoms with Gasteiger partial charge in [-0.15, -0.1) is 0 Å². The van der Waals surface area contributed by atoms with Gasteiger partial charge in [0.15, 0.2) is 0 Å². The fraction of sp³-hybridized carbons (Fsp3) is 1.00. The molecular weight excluding hydrogens is 244 g/mol. The van der Waals surface area contributed by atoms with Crippen LogP contribution in [0.5, 0.6) is 0 Å². The van der Waals surface area contributed by atoms with E-state index in [0.29, 0.717) is 12.0 Å². The predicted molar refractivity (Wildman–Crippen MR) is 76.4 cm³/mol. The molecule has 0 spiro atoms. The first-order valence-electron chi connectivity index (χ1n) is 7.84. The van der Waals surface area contributed by atoms with Crippen molar-refractivity contribution in [2.45, 2.75) is 85.0 Å². The maximum atomic E-state index is 7.85. The first-order valence-corrected chi connectivity index (χ1v) is 7.84. The van der Waals surface area contributed by atoms with E-state index in [-0.39, 0.29) is 0 Å². The Hall–Kier alpha value is -0.160. The van der Waals surface area contributed by atoms with Crippen molar-refractivity contribution in [1.82, 2.24) is 0 Å². The van der Waals surface area contributed by atoms with Gasteiger partial charge in [0.05, 0.1) is 6.61 Å². The summed E-state index contributed by atoms with van der Waals surface area (Å²) in [4.78, 5) is 4.53. The molecule has 0 saturated heterocycles. The van der Waals surface area contributed by atoms with Gasteiger partial charge in [0.2, 0.25) is 0 Å². The number of unbranched alkanes of at least 4 members (excludes halogenated alkanes) is 5. The third-order valence-electron chi connectivity index (χ3n) is 4.51. The van der Waals surface area contributed by atoms with Crippen LogP contribution in [0, 0.1) is 5.41 Å². The van der Waals surface area contributed by atoms with E-state index in [1.165, 1.54) is 51.4 Å². The Kier molecular flexibility index (Phi) is 12.7. The zero-order valence-electron chi connectivity index (χ0n) is 13.0. The lowest BCUT2D eigenvalue weighted by Crippen LogP contribution is -2.17. The van der Waals surface area contributed by atoms with E-state index in [1.54, 1.807) is 0 Å². The average Bonchev–Trinajstić information content (AvgIpc) is 2.46. The molecule has 0 aliphatic rings. The van der Waals surface area contributed by atoms with Crippen molar-refractivity contribution in [3.05, 3.63) is 0 Å². The second-order valence-corrected chi connectivity index (χ2v) is 5.40. The largest absolute Gasteiger partial charge is 0.219 e. The molecule has 0 aliphatic carbocycles. The fourth-order valence-corrected chi connectivity index (χ4v) is 2.70. The van der Waals surface area contributed by atoms with Crippen LogP contribution in [0.15, 0.2) is 0 Å². The summed E-state index contributed by atoms with van der Waals surface area (Å²) < 4.78 is 0. The summed E-state index contributed by atoms with van der Waals surface area (Å²) in [6, 6.07) is 0. The summed E-state index contributed by atoms with van der Waals surface area (Å²) in [6.07, 6.45) is 12.6. The third-order valence-corrected chi connectivity index (χ3v) is 4.51. The minimum atomic E-state index is 0.463. The molecule has 0 atom stereocenters. The van der Waals surface area contributed by atoms with E-state index >= 15 is 0 Å². The van der Waals surface area contributed by atoms with Crippen LogP contribution in [0.2, 0.25) is 0 Å². The van der Waals surface area contributed by atoms with E-state index < -0.39 is 0 Å². The Balaban J connectivity index is 3.35. The Morgan fingerprint density at radius 2 is 1.32 bits per heavy atom. The lowest BCUT2D eigenvalue weighted by Gasteiger charge is -2.30. The van der Waals surface area contributed by atoms with Crippen molar-refractivity contribution >= 4 is 0 Å². The Morgan fingerprint density at radius 1 is 0.789 bits per heavy atom. The zero-order valence-corrected chi connectivity index (χ0v) is 13.0. The molecule has 1 N–H and O–H groups in total. The van der Waals surface area contributed by atoms with E-state index in [1.807, 2.05) is 0 Å². The normalized spacial score (nSPS) is 12.0. The van der Waals surface area contributed by atoms with Crippen LogP contribution < -0.4 is 0 Å². The molecule has 0 amide bonds. The molecule has 4 heteroatoms. The van der Waals surface area contributed by atoms with Gasteiger partial charge < -0.3 is 0 Å². The molecule has 19 heavy (non-hydrogen) atoms. The van der Waals surface area contributed by atoms with Crippen molar-refractivity contribution in [3.8, 4) is 0 Å². The highest BCUT2D eigenvalue weighted by Crippen LogP contribution is 2.36. The van der Waals surface area contributed by atoms with E-state index in [4.69, 9.17) is 5.26 Å². The first kappa shape index (κ1) is 18.8. The molecule has 0 rings (SSSR count). The molecule has 0 heterocycles.